The van der Waals surface area contributed by atoms with Crippen LogP contribution in [0.25, 0.3) is 0 Å². The van der Waals surface area contributed by atoms with Gasteiger partial charge < -0.3 is 229 Å². The van der Waals surface area contributed by atoms with E-state index in [4.69, 9.17) is 80.5 Å². The molecule has 0 aromatic rings. The van der Waals surface area contributed by atoms with Crippen LogP contribution in [0, 0.1) is 0 Å². The highest BCUT2D eigenvalue weighted by Crippen LogP contribution is 2.38. The molecule has 9 aliphatic heterocycles. The minimum atomic E-state index is -2.28. The molecule has 1 unspecified atom stereocenters. The first kappa shape index (κ1) is 82.2. The van der Waals surface area contributed by atoms with Crippen LogP contribution in [0.3, 0.4) is 0 Å². The third-order valence-corrected chi connectivity index (χ3v) is 18.7. The predicted molar refractivity (Wildman–Crippen MR) is 297 cm³/mol. The van der Waals surface area contributed by atoms with Crippen molar-refractivity contribution in [3.05, 3.63) is 0 Å². The molecule has 0 spiro atoms. The topological polar surface area (TPSA) is 744 Å². The van der Waals surface area contributed by atoms with Crippen molar-refractivity contribution in [2.45, 2.75) is 276 Å². The lowest BCUT2D eigenvalue weighted by Crippen LogP contribution is -2.67. The van der Waals surface area contributed by atoms with E-state index in [1.165, 1.54) is 0 Å². The fourth-order valence-corrected chi connectivity index (χ4v) is 12.8. The van der Waals surface area contributed by atoms with Crippen molar-refractivity contribution in [2.24, 2.45) is 0 Å². The molecule has 0 aromatic heterocycles. The molecule has 0 radical (unpaired) electrons. The van der Waals surface area contributed by atoms with E-state index in [1.54, 1.807) is 0 Å². The van der Waals surface area contributed by atoms with Crippen molar-refractivity contribution < 1.29 is 229 Å². The minimum Gasteiger partial charge on any atom is -0.394 e. The number of ether oxygens (including phenoxy) is 17. The van der Waals surface area contributed by atoms with E-state index in [9.17, 15) is 148 Å². The number of hydrogen-bond donors (Lipinski definition) is 29. The van der Waals surface area contributed by atoms with Gasteiger partial charge in [0.2, 0.25) is 0 Å². The van der Waals surface area contributed by atoms with Crippen molar-refractivity contribution >= 4 is 0 Å². The second kappa shape index (κ2) is 35.5. The van der Waals surface area contributed by atoms with Crippen LogP contribution in [0.2, 0.25) is 0 Å². The van der Waals surface area contributed by atoms with E-state index in [0.29, 0.717) is 0 Å². The fraction of sp³-hybridized carbons (Fsp3) is 1.00. The summed E-state index contributed by atoms with van der Waals surface area (Å²) < 4.78 is 94.6. The molecule has 45 atom stereocenters. The standard InChI is InChI=1S/C54H92O46/c55-1-10-19(62)22(65)32(75)49(87-10)96-43-14(5-59)91-53(38(81)28(43)71)99-41-12(3-57)88-47(35(78)26(41)69)85-9-18-21(64)24(67)34(77)51(94-18)98-45-16(7-61)92-54(39(82)30(45)73)100-42-13(4-58)89-48(36(79)27(42)70)84-8-17-20(63)23(66)33(76)50(93-17)97-44-15(6-60)90-52(37(80)29(44)72)95-40-11(2-56)86-46(83)31(74)25(40)68/h10-83H,1-9H2/t10-,11-,12-,13-,14-,15-,16-,17-,18-,19-,20-,21-,22+,23+,24+,25-,26-,27-,28-,29-,30-,31-,32-,33-,34-,35-,36-,37-,38-,39-,40-,41-,42-,43-,44-,45-,46?,47+,48+,49-,50-,51-,52-,53-,54-/m1/s1. The maximum atomic E-state index is 11.4. The Morgan fingerprint density at radius 3 is 0.600 bits per heavy atom. The summed E-state index contributed by atoms with van der Waals surface area (Å²) >= 11 is 0. The van der Waals surface area contributed by atoms with Gasteiger partial charge in [-0.1, -0.05) is 0 Å². The Morgan fingerprint density at radius 1 is 0.170 bits per heavy atom. The molecule has 9 saturated heterocycles. The SMILES string of the molecule is OC[C@H]1O[C@H](O[C@H]2[C@H](O)[C@@H](O)[C@@H](O[C@H]3[C@H](O)[C@@H](O)[C@@H](OC[C@H]4O[C@H](O[C@H]5[C@H](O)[C@@H](O)[C@@H](O[C@H]6[C@H](O)[C@@H](O)[C@@H](OC[C@H]7O[C@H](O[C@H]8[C@H](O)[C@@H](O)[C@@H](O[C@H]9[C@H](O)[C@@H](O)C(O)O[C@@H]9CO)O[C@@H]8CO)[C@H](O)[C@@H](O)[C@@H]7O)O[C@@H]6CO)O[C@@H]5CO)[C@H](O)[C@@H](O)[C@@H]4O)O[C@@H]3CO)O[C@@H]2CO)[C@H](O)[C@@H](O)[C@@H]1O. The van der Waals surface area contributed by atoms with Gasteiger partial charge >= 0.3 is 0 Å². The van der Waals surface area contributed by atoms with Crippen molar-refractivity contribution in [3.8, 4) is 0 Å². The number of rotatable bonds is 25. The van der Waals surface area contributed by atoms with Crippen LogP contribution in [0.4, 0.5) is 0 Å². The average molecular weight is 1480 g/mol. The Balaban J connectivity index is 0.762. The molecular formula is C54H92O46. The summed E-state index contributed by atoms with van der Waals surface area (Å²) in [5.41, 5.74) is 0. The lowest BCUT2D eigenvalue weighted by Gasteiger charge is -2.49. The Labute approximate surface area is 563 Å². The molecule has 0 amide bonds. The molecule has 9 fully saturated rings. The molecule has 0 saturated carbocycles. The van der Waals surface area contributed by atoms with Crippen LogP contribution in [0.1, 0.15) is 0 Å². The summed E-state index contributed by atoms with van der Waals surface area (Å²) in [6, 6.07) is 0. The molecular weight excluding hydrogens is 1380 g/mol. The summed E-state index contributed by atoms with van der Waals surface area (Å²) in [5.74, 6) is 0. The number of hydrogen-bond acceptors (Lipinski definition) is 46. The summed E-state index contributed by atoms with van der Waals surface area (Å²) in [6.45, 7) is -8.84. The summed E-state index contributed by atoms with van der Waals surface area (Å²) in [6.07, 6.45) is -88.4. The zero-order valence-electron chi connectivity index (χ0n) is 52.3. The van der Waals surface area contributed by atoms with Gasteiger partial charge in [-0.25, -0.2) is 0 Å². The van der Waals surface area contributed by atoms with Gasteiger partial charge in [0.15, 0.2) is 56.6 Å². The molecule has 9 aliphatic rings. The normalized spacial score (nSPS) is 53.7. The monoisotopic (exact) mass is 1480 g/mol. The number of aliphatic hydroxyl groups is 29. The van der Waals surface area contributed by atoms with Crippen LogP contribution >= 0.6 is 0 Å². The van der Waals surface area contributed by atoms with Gasteiger partial charge in [0, 0.05) is 0 Å². The zero-order chi connectivity index (χ0) is 73.4. The molecule has 46 heteroatoms. The largest absolute Gasteiger partial charge is 0.394 e. The Hall–Kier alpha value is -1.84. The predicted octanol–water partition coefficient (Wildman–Crippen LogP) is -20.6. The third-order valence-electron chi connectivity index (χ3n) is 18.7. The Kier molecular flexibility index (Phi) is 29.2. The van der Waals surface area contributed by atoms with Gasteiger partial charge in [0.1, 0.15) is 220 Å². The molecule has 0 bridgehead atoms. The summed E-state index contributed by atoms with van der Waals surface area (Å²) in [5, 5.41) is 310. The lowest BCUT2D eigenvalue weighted by atomic mass is 9.95. The maximum Gasteiger partial charge on any atom is 0.187 e. The first-order valence-corrected chi connectivity index (χ1v) is 31.7. The van der Waals surface area contributed by atoms with Crippen LogP contribution in [-0.4, -0.2) is 484 Å². The zero-order valence-corrected chi connectivity index (χ0v) is 52.3. The Bertz CT molecular complexity index is 2450. The summed E-state index contributed by atoms with van der Waals surface area (Å²) in [4.78, 5) is 0. The molecule has 46 nitrogen and oxygen atoms in total. The lowest BCUT2D eigenvalue weighted by molar-refractivity contribution is -0.388. The molecule has 584 valence electrons. The van der Waals surface area contributed by atoms with Crippen molar-refractivity contribution in [1.82, 2.24) is 0 Å². The number of aliphatic hydroxyl groups excluding tert-OH is 29. The molecule has 29 N–H and O–H groups in total. The first-order valence-electron chi connectivity index (χ1n) is 31.7. The van der Waals surface area contributed by atoms with Gasteiger partial charge in [0.05, 0.1) is 59.5 Å². The second-order valence-electron chi connectivity index (χ2n) is 25.3. The minimum absolute atomic E-state index is 0.857. The highest BCUT2D eigenvalue weighted by Gasteiger charge is 2.59. The highest BCUT2D eigenvalue weighted by atomic mass is 16.8. The van der Waals surface area contributed by atoms with Gasteiger partial charge in [0.25, 0.3) is 0 Å². The van der Waals surface area contributed by atoms with E-state index in [0.717, 1.165) is 0 Å². The third kappa shape index (κ3) is 17.0. The van der Waals surface area contributed by atoms with Crippen molar-refractivity contribution in [3.63, 3.8) is 0 Å². The van der Waals surface area contributed by atoms with Crippen LogP contribution in [0.15, 0.2) is 0 Å². The van der Waals surface area contributed by atoms with Crippen LogP contribution in [-0.2, 0) is 80.5 Å². The van der Waals surface area contributed by atoms with E-state index >= 15 is 0 Å². The fourth-order valence-electron chi connectivity index (χ4n) is 12.8. The van der Waals surface area contributed by atoms with Gasteiger partial charge in [-0.3, -0.25) is 0 Å². The molecule has 9 rings (SSSR count). The van der Waals surface area contributed by atoms with E-state index in [2.05, 4.69) is 0 Å². The molecule has 9 heterocycles. The quantitative estimate of drug-likeness (QED) is 0.0404. The second-order valence-corrected chi connectivity index (χ2v) is 25.3. The maximum absolute atomic E-state index is 11.4. The average Bonchev–Trinajstić information content (AvgIpc) is 0.784. The summed E-state index contributed by atoms with van der Waals surface area (Å²) in [7, 11) is 0. The molecule has 100 heavy (non-hydrogen) atoms. The first-order chi connectivity index (χ1) is 47.4. The van der Waals surface area contributed by atoms with Crippen LogP contribution < -0.4 is 0 Å². The highest BCUT2D eigenvalue weighted by molar-refractivity contribution is 5.02. The van der Waals surface area contributed by atoms with E-state index in [-0.39, 0.29) is 0 Å². The van der Waals surface area contributed by atoms with E-state index < -0.39 is 336 Å². The van der Waals surface area contributed by atoms with Gasteiger partial charge in [-0.2, -0.15) is 0 Å². The smallest absolute Gasteiger partial charge is 0.187 e. The van der Waals surface area contributed by atoms with Gasteiger partial charge in [-0.05, 0) is 0 Å². The van der Waals surface area contributed by atoms with Crippen molar-refractivity contribution in [1.29, 1.82) is 0 Å². The van der Waals surface area contributed by atoms with Gasteiger partial charge in [-0.15, -0.1) is 0 Å². The molecule has 0 aromatic carbocycles. The Morgan fingerprint density at radius 2 is 0.350 bits per heavy atom. The van der Waals surface area contributed by atoms with Crippen LogP contribution in [0.5, 0.6) is 0 Å². The molecule has 0 aliphatic carbocycles. The van der Waals surface area contributed by atoms with Crippen molar-refractivity contribution in [2.75, 3.05) is 59.5 Å². The van der Waals surface area contributed by atoms with E-state index in [1.807, 2.05) is 0 Å².